The third-order valence-electron chi connectivity index (χ3n) is 3.71. The van der Waals surface area contributed by atoms with Crippen LogP contribution in [0.25, 0.3) is 0 Å². The highest BCUT2D eigenvalue weighted by atomic mass is 15.3. The number of nitrogens with one attached hydrogen (secondary N) is 1. The van der Waals surface area contributed by atoms with E-state index < -0.39 is 0 Å². The molecule has 108 valence electrons. The number of hydrogen-bond donors (Lipinski definition) is 1. The van der Waals surface area contributed by atoms with E-state index in [-0.39, 0.29) is 0 Å². The SMILES string of the molecule is CCn1nc(C)cc1CNCCC(C)c1ccccc1. The predicted octanol–water partition coefficient (Wildman–Crippen LogP) is 3.49. The Kier molecular flexibility index (Phi) is 5.36. The molecule has 1 aromatic heterocycles. The zero-order chi connectivity index (χ0) is 14.4. The highest BCUT2D eigenvalue weighted by Crippen LogP contribution is 2.17. The van der Waals surface area contributed by atoms with Crippen LogP contribution in [-0.2, 0) is 13.1 Å². The molecule has 0 spiro atoms. The first-order chi connectivity index (χ1) is 9.70. The number of rotatable bonds is 7. The van der Waals surface area contributed by atoms with Crippen molar-refractivity contribution < 1.29 is 0 Å². The molecule has 20 heavy (non-hydrogen) atoms. The number of nitrogens with zero attached hydrogens (tertiary/aromatic N) is 2. The van der Waals surface area contributed by atoms with Crippen LogP contribution in [0.4, 0.5) is 0 Å². The molecule has 0 fully saturated rings. The van der Waals surface area contributed by atoms with Gasteiger partial charge >= 0.3 is 0 Å². The molecule has 0 aliphatic rings. The summed E-state index contributed by atoms with van der Waals surface area (Å²) in [7, 11) is 0. The Balaban J connectivity index is 1.76. The molecule has 0 aliphatic heterocycles. The third-order valence-corrected chi connectivity index (χ3v) is 3.71. The molecule has 0 saturated carbocycles. The zero-order valence-corrected chi connectivity index (χ0v) is 12.8. The van der Waals surface area contributed by atoms with Crippen LogP contribution in [0.5, 0.6) is 0 Å². The molecule has 1 atom stereocenters. The van der Waals surface area contributed by atoms with Crippen molar-refractivity contribution in [2.24, 2.45) is 0 Å². The van der Waals surface area contributed by atoms with Crippen molar-refractivity contribution in [3.05, 3.63) is 53.3 Å². The summed E-state index contributed by atoms with van der Waals surface area (Å²) in [5.41, 5.74) is 3.79. The number of hydrogen-bond acceptors (Lipinski definition) is 2. The molecule has 0 radical (unpaired) electrons. The van der Waals surface area contributed by atoms with E-state index in [1.54, 1.807) is 0 Å². The predicted molar refractivity (Wildman–Crippen MR) is 83.8 cm³/mol. The highest BCUT2D eigenvalue weighted by molar-refractivity contribution is 5.18. The van der Waals surface area contributed by atoms with Crippen molar-refractivity contribution in [3.63, 3.8) is 0 Å². The van der Waals surface area contributed by atoms with Gasteiger partial charge in [0.2, 0.25) is 0 Å². The standard InChI is InChI=1S/C17H25N3/c1-4-20-17(12-15(3)19-20)13-18-11-10-14(2)16-8-6-5-7-9-16/h5-9,12,14,18H,4,10-11,13H2,1-3H3. The lowest BCUT2D eigenvalue weighted by atomic mass is 9.98. The molecule has 2 aromatic rings. The lowest BCUT2D eigenvalue weighted by Crippen LogP contribution is -2.19. The average molecular weight is 271 g/mol. The van der Waals surface area contributed by atoms with Crippen LogP contribution in [0.15, 0.2) is 36.4 Å². The van der Waals surface area contributed by atoms with Crippen molar-refractivity contribution in [3.8, 4) is 0 Å². The lowest BCUT2D eigenvalue weighted by Gasteiger charge is -2.12. The van der Waals surface area contributed by atoms with E-state index >= 15 is 0 Å². The summed E-state index contributed by atoms with van der Waals surface area (Å²) in [4.78, 5) is 0. The quantitative estimate of drug-likeness (QED) is 0.781. The second kappa shape index (κ2) is 7.25. The van der Waals surface area contributed by atoms with Crippen LogP contribution in [0, 0.1) is 6.92 Å². The van der Waals surface area contributed by atoms with Crippen LogP contribution in [-0.4, -0.2) is 16.3 Å². The molecule has 3 nitrogen and oxygen atoms in total. The zero-order valence-electron chi connectivity index (χ0n) is 12.8. The Morgan fingerprint density at radius 1 is 1.25 bits per heavy atom. The summed E-state index contributed by atoms with van der Waals surface area (Å²) in [6.07, 6.45) is 1.16. The molecule has 1 unspecified atom stereocenters. The maximum absolute atomic E-state index is 4.47. The fraction of sp³-hybridized carbons (Fsp3) is 0.471. The second-order valence-electron chi connectivity index (χ2n) is 5.37. The molecule has 3 heteroatoms. The van der Waals surface area contributed by atoms with Gasteiger partial charge in [-0.25, -0.2) is 0 Å². The van der Waals surface area contributed by atoms with Gasteiger partial charge in [-0.15, -0.1) is 0 Å². The van der Waals surface area contributed by atoms with Gasteiger partial charge in [-0.05, 0) is 44.4 Å². The van der Waals surface area contributed by atoms with Crippen molar-refractivity contribution >= 4 is 0 Å². The van der Waals surface area contributed by atoms with Crippen LogP contribution < -0.4 is 5.32 Å². The molecule has 1 aromatic carbocycles. The Morgan fingerprint density at radius 3 is 2.70 bits per heavy atom. The Hall–Kier alpha value is -1.61. The van der Waals surface area contributed by atoms with Gasteiger partial charge in [0.25, 0.3) is 0 Å². The van der Waals surface area contributed by atoms with Crippen molar-refractivity contribution in [1.29, 1.82) is 0 Å². The number of aryl methyl sites for hydroxylation is 2. The molecule has 1 N–H and O–H groups in total. The first-order valence-corrected chi connectivity index (χ1v) is 7.49. The normalized spacial score (nSPS) is 12.6. The smallest absolute Gasteiger partial charge is 0.0597 e. The van der Waals surface area contributed by atoms with Gasteiger partial charge in [0.1, 0.15) is 0 Å². The molecule has 2 rings (SSSR count). The molecular weight excluding hydrogens is 246 g/mol. The van der Waals surface area contributed by atoms with E-state index in [0.29, 0.717) is 5.92 Å². The summed E-state index contributed by atoms with van der Waals surface area (Å²) in [5.74, 6) is 0.599. The largest absolute Gasteiger partial charge is 0.311 e. The molecule has 0 amide bonds. The lowest BCUT2D eigenvalue weighted by molar-refractivity contribution is 0.553. The summed E-state index contributed by atoms with van der Waals surface area (Å²) < 4.78 is 2.07. The molecule has 0 saturated heterocycles. The van der Waals surface area contributed by atoms with E-state index in [1.165, 1.54) is 11.3 Å². The fourth-order valence-electron chi connectivity index (χ4n) is 2.50. The average Bonchev–Trinajstić information content (AvgIpc) is 2.84. The van der Waals surface area contributed by atoms with Gasteiger partial charge in [-0.2, -0.15) is 5.10 Å². The van der Waals surface area contributed by atoms with Crippen LogP contribution in [0.3, 0.4) is 0 Å². The van der Waals surface area contributed by atoms with Crippen LogP contribution in [0.2, 0.25) is 0 Å². The van der Waals surface area contributed by atoms with Crippen LogP contribution >= 0.6 is 0 Å². The Bertz CT molecular complexity index is 516. The van der Waals surface area contributed by atoms with Gasteiger partial charge in [-0.1, -0.05) is 37.3 Å². The second-order valence-corrected chi connectivity index (χ2v) is 5.37. The minimum atomic E-state index is 0.599. The van der Waals surface area contributed by atoms with Crippen molar-refractivity contribution in [2.75, 3.05) is 6.54 Å². The van der Waals surface area contributed by atoms with E-state index in [0.717, 1.165) is 31.7 Å². The first-order valence-electron chi connectivity index (χ1n) is 7.49. The topological polar surface area (TPSA) is 29.9 Å². The van der Waals surface area contributed by atoms with Gasteiger partial charge in [0.05, 0.1) is 11.4 Å². The maximum atomic E-state index is 4.47. The molecule has 0 aliphatic carbocycles. The molecular formula is C17H25N3. The van der Waals surface area contributed by atoms with Gasteiger partial charge in [0.15, 0.2) is 0 Å². The number of benzene rings is 1. The summed E-state index contributed by atoms with van der Waals surface area (Å²) in [5, 5.41) is 8.00. The third kappa shape index (κ3) is 3.94. The molecule has 1 heterocycles. The van der Waals surface area contributed by atoms with Crippen molar-refractivity contribution in [1.82, 2.24) is 15.1 Å². The Labute approximate surface area is 122 Å². The van der Waals surface area contributed by atoms with Crippen LogP contribution in [0.1, 0.15) is 43.1 Å². The van der Waals surface area contributed by atoms with E-state index in [9.17, 15) is 0 Å². The Morgan fingerprint density at radius 2 is 2.00 bits per heavy atom. The monoisotopic (exact) mass is 271 g/mol. The summed E-state index contributed by atoms with van der Waals surface area (Å²) in [6, 6.07) is 12.9. The first kappa shape index (κ1) is 14.8. The van der Waals surface area contributed by atoms with E-state index in [2.05, 4.69) is 65.3 Å². The minimum Gasteiger partial charge on any atom is -0.311 e. The van der Waals surface area contributed by atoms with Gasteiger partial charge < -0.3 is 5.32 Å². The van der Waals surface area contributed by atoms with Crippen molar-refractivity contribution in [2.45, 2.75) is 46.2 Å². The fourth-order valence-corrected chi connectivity index (χ4v) is 2.50. The van der Waals surface area contributed by atoms with E-state index in [4.69, 9.17) is 0 Å². The highest BCUT2D eigenvalue weighted by Gasteiger charge is 2.06. The summed E-state index contributed by atoms with van der Waals surface area (Å²) >= 11 is 0. The van der Waals surface area contributed by atoms with E-state index in [1.807, 2.05) is 6.92 Å². The molecule has 0 bridgehead atoms. The van der Waals surface area contributed by atoms with Gasteiger partial charge in [-0.3, -0.25) is 4.68 Å². The number of aromatic nitrogens is 2. The minimum absolute atomic E-state index is 0.599. The van der Waals surface area contributed by atoms with Gasteiger partial charge in [0, 0.05) is 13.1 Å². The summed E-state index contributed by atoms with van der Waals surface area (Å²) in [6.45, 7) is 9.34. The maximum Gasteiger partial charge on any atom is 0.0597 e.